The molecule has 0 aromatic heterocycles. The molecule has 0 heterocycles. The molecule has 0 radical (unpaired) electrons. The van der Waals surface area contributed by atoms with Crippen LogP contribution in [0.3, 0.4) is 0 Å². The zero-order valence-electron chi connectivity index (χ0n) is 19.1. The van der Waals surface area contributed by atoms with Gasteiger partial charge in [0.05, 0.1) is 16.9 Å². The molecular weight excluding hydrogens is 467 g/mol. The number of halogens is 1. The monoisotopic (exact) mass is 494 g/mol. The van der Waals surface area contributed by atoms with Crippen LogP contribution < -0.4 is 9.62 Å². The summed E-state index contributed by atoms with van der Waals surface area (Å²) in [5.74, 6) is -1.58. The molecule has 2 aromatic rings. The Morgan fingerprint density at radius 1 is 1.15 bits per heavy atom. The van der Waals surface area contributed by atoms with Gasteiger partial charge in [-0.3, -0.25) is 24.0 Å². The molecule has 0 bridgehead atoms. The van der Waals surface area contributed by atoms with Crippen molar-refractivity contribution in [3.63, 3.8) is 0 Å². The molecule has 2 rings (SSSR count). The minimum absolute atomic E-state index is 0.0576. The largest absolute Gasteiger partial charge is 0.355 e. The zero-order chi connectivity index (χ0) is 25.5. The number of hydrogen-bond donors (Lipinski definition) is 1. The number of anilines is 1. The lowest BCUT2D eigenvalue weighted by atomic mass is 10.1. The summed E-state index contributed by atoms with van der Waals surface area (Å²) in [6.45, 7) is 3.01. The highest BCUT2D eigenvalue weighted by atomic mass is 32.2. The molecule has 0 saturated carbocycles. The molecule has 34 heavy (non-hydrogen) atoms. The van der Waals surface area contributed by atoms with E-state index in [0.717, 1.165) is 16.6 Å². The number of non-ortho nitro benzene ring substituents is 1. The van der Waals surface area contributed by atoms with E-state index in [0.29, 0.717) is 12.1 Å². The van der Waals surface area contributed by atoms with E-state index in [4.69, 9.17) is 0 Å². The minimum Gasteiger partial charge on any atom is -0.355 e. The van der Waals surface area contributed by atoms with E-state index in [1.807, 2.05) is 0 Å². The van der Waals surface area contributed by atoms with Crippen LogP contribution in [-0.2, 0) is 26.2 Å². The third-order valence-electron chi connectivity index (χ3n) is 5.01. The second-order valence-electron chi connectivity index (χ2n) is 7.51. The van der Waals surface area contributed by atoms with E-state index in [9.17, 15) is 32.5 Å². The molecule has 12 heteroatoms. The van der Waals surface area contributed by atoms with E-state index in [1.54, 1.807) is 13.8 Å². The molecule has 0 saturated heterocycles. The van der Waals surface area contributed by atoms with Crippen LogP contribution in [0.15, 0.2) is 48.5 Å². The van der Waals surface area contributed by atoms with Crippen LogP contribution in [0.1, 0.15) is 25.8 Å². The SMILES string of the molecule is CCNC(=O)C(CC)N(Cc1ccc(F)cc1)C(=O)CN(c1cccc([N+](=O)[O-])c1)S(C)(=O)=O. The van der Waals surface area contributed by atoms with Gasteiger partial charge in [-0.05, 0) is 37.1 Å². The summed E-state index contributed by atoms with van der Waals surface area (Å²) in [5.41, 5.74) is 0.145. The van der Waals surface area contributed by atoms with Crippen LogP contribution in [0.4, 0.5) is 15.8 Å². The van der Waals surface area contributed by atoms with Gasteiger partial charge in [0.15, 0.2) is 0 Å². The van der Waals surface area contributed by atoms with Gasteiger partial charge in [0.2, 0.25) is 21.8 Å². The number of benzene rings is 2. The van der Waals surface area contributed by atoms with Crippen LogP contribution in [-0.4, -0.2) is 55.4 Å². The summed E-state index contributed by atoms with van der Waals surface area (Å²) < 4.78 is 39.1. The molecule has 0 aliphatic heterocycles. The van der Waals surface area contributed by atoms with Crippen molar-refractivity contribution in [1.29, 1.82) is 0 Å². The fourth-order valence-corrected chi connectivity index (χ4v) is 4.21. The van der Waals surface area contributed by atoms with Crippen molar-refractivity contribution in [3.8, 4) is 0 Å². The van der Waals surface area contributed by atoms with Gasteiger partial charge in [0.25, 0.3) is 5.69 Å². The topological polar surface area (TPSA) is 130 Å². The maximum atomic E-state index is 13.4. The first-order chi connectivity index (χ1) is 16.0. The van der Waals surface area contributed by atoms with Crippen molar-refractivity contribution in [3.05, 3.63) is 70.0 Å². The van der Waals surface area contributed by atoms with Gasteiger partial charge in [0, 0.05) is 25.2 Å². The van der Waals surface area contributed by atoms with Gasteiger partial charge in [-0.2, -0.15) is 0 Å². The molecule has 10 nitrogen and oxygen atoms in total. The maximum Gasteiger partial charge on any atom is 0.271 e. The first-order valence-electron chi connectivity index (χ1n) is 10.5. The summed E-state index contributed by atoms with van der Waals surface area (Å²) in [6.07, 6.45) is 1.12. The first kappa shape index (κ1) is 26.7. The average molecular weight is 495 g/mol. The summed E-state index contributed by atoms with van der Waals surface area (Å²) in [6, 6.07) is 9.37. The van der Waals surface area contributed by atoms with Crippen LogP contribution in [0.2, 0.25) is 0 Å². The second-order valence-corrected chi connectivity index (χ2v) is 9.42. The number of likely N-dealkylation sites (N-methyl/N-ethyl adjacent to an activating group) is 1. The second kappa shape index (κ2) is 11.5. The summed E-state index contributed by atoms with van der Waals surface area (Å²) in [7, 11) is -4.02. The van der Waals surface area contributed by atoms with Crippen molar-refractivity contribution in [2.45, 2.75) is 32.9 Å². The van der Waals surface area contributed by atoms with Crippen LogP contribution >= 0.6 is 0 Å². The van der Waals surface area contributed by atoms with E-state index in [-0.39, 0.29) is 24.3 Å². The molecule has 0 aliphatic carbocycles. The Hall–Kier alpha value is -3.54. The molecule has 0 aliphatic rings. The third kappa shape index (κ3) is 6.98. The van der Waals surface area contributed by atoms with Crippen LogP contribution in [0, 0.1) is 15.9 Å². The maximum absolute atomic E-state index is 13.4. The van der Waals surface area contributed by atoms with Crippen molar-refractivity contribution in [1.82, 2.24) is 10.2 Å². The Balaban J connectivity index is 2.45. The van der Waals surface area contributed by atoms with Gasteiger partial charge in [-0.25, -0.2) is 12.8 Å². The highest BCUT2D eigenvalue weighted by molar-refractivity contribution is 7.92. The quantitative estimate of drug-likeness (QED) is 0.377. The van der Waals surface area contributed by atoms with Gasteiger partial charge >= 0.3 is 0 Å². The molecule has 0 fully saturated rings. The zero-order valence-corrected chi connectivity index (χ0v) is 19.9. The predicted molar refractivity (Wildman–Crippen MR) is 125 cm³/mol. The fourth-order valence-electron chi connectivity index (χ4n) is 3.37. The van der Waals surface area contributed by atoms with Gasteiger partial charge in [0.1, 0.15) is 18.4 Å². The highest BCUT2D eigenvalue weighted by Gasteiger charge is 2.31. The van der Waals surface area contributed by atoms with Crippen molar-refractivity contribution < 1.29 is 27.3 Å². The number of sulfonamides is 1. The number of rotatable bonds is 11. The number of carbonyl (C=O) groups is 2. The third-order valence-corrected chi connectivity index (χ3v) is 6.15. The van der Waals surface area contributed by atoms with Gasteiger partial charge in [-0.15, -0.1) is 0 Å². The Labute approximate surface area is 197 Å². The molecule has 184 valence electrons. The standard InChI is InChI=1S/C22H27FN4O6S/c1-4-20(22(29)24-5-2)25(14-16-9-11-17(23)12-10-16)21(28)15-26(34(3,32)33)18-7-6-8-19(13-18)27(30)31/h6-13,20H,4-5,14-15H2,1-3H3,(H,24,29). The van der Waals surface area contributed by atoms with Gasteiger partial charge < -0.3 is 10.2 Å². The van der Waals surface area contributed by atoms with Crippen LogP contribution in [0.5, 0.6) is 0 Å². The number of nitrogens with one attached hydrogen (secondary N) is 1. The molecule has 0 spiro atoms. The molecule has 2 amide bonds. The lowest BCUT2D eigenvalue weighted by molar-refractivity contribution is -0.384. The lowest BCUT2D eigenvalue weighted by Gasteiger charge is -2.32. The number of nitrogens with zero attached hydrogens (tertiary/aromatic N) is 3. The minimum atomic E-state index is -4.02. The van der Waals surface area contributed by atoms with E-state index < -0.39 is 45.2 Å². The van der Waals surface area contributed by atoms with Crippen LogP contribution in [0.25, 0.3) is 0 Å². The molecule has 1 N–H and O–H groups in total. The van der Waals surface area contributed by atoms with Crippen molar-refractivity contribution in [2.75, 3.05) is 23.7 Å². The Morgan fingerprint density at radius 3 is 2.32 bits per heavy atom. The summed E-state index contributed by atoms with van der Waals surface area (Å²) in [4.78, 5) is 37.8. The van der Waals surface area contributed by atoms with Gasteiger partial charge in [-0.1, -0.05) is 25.1 Å². The molecule has 1 atom stereocenters. The van der Waals surface area contributed by atoms with Crippen molar-refractivity contribution >= 4 is 33.2 Å². The average Bonchev–Trinajstić information content (AvgIpc) is 2.78. The number of nitro benzene ring substituents is 1. The van der Waals surface area contributed by atoms with E-state index >= 15 is 0 Å². The van der Waals surface area contributed by atoms with E-state index in [2.05, 4.69) is 5.32 Å². The molecule has 1 unspecified atom stereocenters. The number of nitro groups is 1. The molecule has 2 aromatic carbocycles. The molecular formula is C22H27FN4O6S. The first-order valence-corrected chi connectivity index (χ1v) is 12.4. The Bertz CT molecular complexity index is 1140. The normalized spacial score (nSPS) is 12.0. The predicted octanol–water partition coefficient (Wildman–Crippen LogP) is 2.44. The Morgan fingerprint density at radius 2 is 1.79 bits per heavy atom. The number of carbonyl (C=O) groups excluding carboxylic acids is 2. The highest BCUT2D eigenvalue weighted by Crippen LogP contribution is 2.24. The fraction of sp³-hybridized carbons (Fsp3) is 0.364. The number of hydrogen-bond acceptors (Lipinski definition) is 6. The Kier molecular flexibility index (Phi) is 9.07. The summed E-state index contributed by atoms with van der Waals surface area (Å²) >= 11 is 0. The van der Waals surface area contributed by atoms with Crippen molar-refractivity contribution in [2.24, 2.45) is 0 Å². The summed E-state index contributed by atoms with van der Waals surface area (Å²) in [5, 5.41) is 13.8. The van der Waals surface area contributed by atoms with E-state index in [1.165, 1.54) is 47.4 Å². The lowest BCUT2D eigenvalue weighted by Crippen LogP contribution is -2.52. The number of amides is 2. The smallest absolute Gasteiger partial charge is 0.271 e.